The summed E-state index contributed by atoms with van der Waals surface area (Å²) in [6.45, 7) is 0. The number of urea groups is 1. The van der Waals surface area contributed by atoms with Gasteiger partial charge in [-0.2, -0.15) is 0 Å². The molecule has 1 N–H and O–H groups in total. The molecule has 0 aromatic heterocycles. The molecular formula is C24H22N4O5S. The molecule has 2 spiro atoms. The lowest BCUT2D eigenvalue weighted by atomic mass is 9.63. The molecule has 0 aliphatic carbocycles. The molecule has 2 fully saturated rings. The monoisotopic (exact) mass is 478 g/mol. The highest BCUT2D eigenvalue weighted by molar-refractivity contribution is 7.80. The normalized spacial score (nSPS) is 25.5. The van der Waals surface area contributed by atoms with Crippen molar-refractivity contribution < 1.29 is 23.9 Å². The summed E-state index contributed by atoms with van der Waals surface area (Å²) in [6, 6.07) is 13.3. The van der Waals surface area contributed by atoms with E-state index in [1.54, 1.807) is 49.5 Å². The molecule has 34 heavy (non-hydrogen) atoms. The minimum absolute atomic E-state index is 0.0898. The minimum atomic E-state index is -1.99. The predicted molar refractivity (Wildman–Crippen MR) is 126 cm³/mol. The zero-order valence-electron chi connectivity index (χ0n) is 19.0. The quantitative estimate of drug-likeness (QED) is 0.517. The SMILES string of the molecule is COc1ccc([C@H]2C3(C(=O)N(C)C(=O)N(C)C3=O)C(=S)N[C@]23C(=O)N(C)c2ccccc23)cc1. The van der Waals surface area contributed by atoms with Crippen LogP contribution in [-0.2, 0) is 19.9 Å². The van der Waals surface area contributed by atoms with E-state index in [4.69, 9.17) is 17.0 Å². The number of methoxy groups -OCH3 is 1. The van der Waals surface area contributed by atoms with Gasteiger partial charge in [0.25, 0.3) is 17.7 Å². The number of barbiturate groups is 1. The van der Waals surface area contributed by atoms with E-state index in [2.05, 4.69) is 5.32 Å². The minimum Gasteiger partial charge on any atom is -0.497 e. The summed E-state index contributed by atoms with van der Waals surface area (Å²) in [6.07, 6.45) is 0. The van der Waals surface area contributed by atoms with Crippen LogP contribution >= 0.6 is 12.2 Å². The van der Waals surface area contributed by atoms with Gasteiger partial charge in [-0.25, -0.2) is 4.79 Å². The van der Waals surface area contributed by atoms with Gasteiger partial charge in [-0.05, 0) is 23.8 Å². The number of likely N-dealkylation sites (N-methyl/N-ethyl adjacent to an activating group) is 1. The topological polar surface area (TPSA) is 99.3 Å². The molecule has 10 heteroatoms. The summed E-state index contributed by atoms with van der Waals surface area (Å²) in [5.41, 5.74) is -1.73. The number of anilines is 1. The first-order valence-electron chi connectivity index (χ1n) is 10.6. The average Bonchev–Trinajstić information content (AvgIpc) is 3.25. The van der Waals surface area contributed by atoms with Crippen LogP contribution in [0.25, 0.3) is 0 Å². The number of amides is 5. The largest absolute Gasteiger partial charge is 0.497 e. The summed E-state index contributed by atoms with van der Waals surface area (Å²) < 4.78 is 5.28. The fraction of sp³-hybridized carbons (Fsp3) is 0.292. The maximum absolute atomic E-state index is 14.0. The number of imide groups is 2. The first-order chi connectivity index (χ1) is 16.1. The third-order valence-electron chi connectivity index (χ3n) is 7.17. The zero-order chi connectivity index (χ0) is 24.6. The molecule has 0 unspecified atom stereocenters. The van der Waals surface area contributed by atoms with Gasteiger partial charge in [-0.1, -0.05) is 42.5 Å². The van der Waals surface area contributed by atoms with E-state index in [1.165, 1.54) is 26.1 Å². The van der Waals surface area contributed by atoms with E-state index in [1.807, 2.05) is 6.07 Å². The Hall–Kier alpha value is -3.79. The number of benzene rings is 2. The highest BCUT2D eigenvalue weighted by atomic mass is 32.1. The first kappa shape index (κ1) is 22.0. The Morgan fingerprint density at radius 3 is 2.03 bits per heavy atom. The van der Waals surface area contributed by atoms with Gasteiger partial charge in [0.2, 0.25) is 0 Å². The molecule has 3 aliphatic heterocycles. The molecule has 2 aromatic rings. The van der Waals surface area contributed by atoms with Crippen LogP contribution < -0.4 is 15.0 Å². The van der Waals surface area contributed by atoms with Crippen molar-refractivity contribution in [3.8, 4) is 5.75 Å². The van der Waals surface area contributed by atoms with Crippen molar-refractivity contribution in [2.75, 3.05) is 33.2 Å². The third kappa shape index (κ3) is 2.35. The molecule has 2 aromatic carbocycles. The number of para-hydroxylation sites is 1. The summed E-state index contributed by atoms with van der Waals surface area (Å²) >= 11 is 5.69. The van der Waals surface area contributed by atoms with E-state index >= 15 is 0 Å². The molecule has 174 valence electrons. The van der Waals surface area contributed by atoms with E-state index in [9.17, 15) is 19.2 Å². The molecule has 3 aliphatic rings. The molecule has 0 bridgehead atoms. The van der Waals surface area contributed by atoms with Crippen LogP contribution in [-0.4, -0.2) is 66.8 Å². The molecule has 9 nitrogen and oxygen atoms in total. The van der Waals surface area contributed by atoms with Crippen molar-refractivity contribution in [1.82, 2.24) is 15.1 Å². The van der Waals surface area contributed by atoms with Gasteiger partial charge in [0.05, 0.1) is 13.0 Å². The van der Waals surface area contributed by atoms with Crippen LogP contribution in [0.4, 0.5) is 10.5 Å². The number of hydrogen-bond donors (Lipinski definition) is 1. The van der Waals surface area contributed by atoms with Gasteiger partial charge in [0, 0.05) is 32.4 Å². The van der Waals surface area contributed by atoms with Crippen LogP contribution in [0.5, 0.6) is 5.75 Å². The first-order valence-corrected chi connectivity index (χ1v) is 11.0. The highest BCUT2D eigenvalue weighted by Crippen LogP contribution is 2.60. The molecule has 0 saturated carbocycles. The number of thiocarbonyl (C=S) groups is 1. The predicted octanol–water partition coefficient (Wildman–Crippen LogP) is 1.62. The lowest BCUT2D eigenvalue weighted by Gasteiger charge is -2.43. The van der Waals surface area contributed by atoms with Crippen LogP contribution in [0.15, 0.2) is 48.5 Å². The molecular weight excluding hydrogens is 456 g/mol. The van der Waals surface area contributed by atoms with Crippen LogP contribution in [0, 0.1) is 5.41 Å². The van der Waals surface area contributed by atoms with E-state index < -0.39 is 34.7 Å². The number of nitrogens with one attached hydrogen (secondary N) is 1. The average molecular weight is 479 g/mol. The Morgan fingerprint density at radius 1 is 0.853 bits per heavy atom. The van der Waals surface area contributed by atoms with E-state index in [0.29, 0.717) is 22.6 Å². The van der Waals surface area contributed by atoms with Crippen molar-refractivity contribution in [3.63, 3.8) is 0 Å². The zero-order valence-corrected chi connectivity index (χ0v) is 19.8. The Balaban J connectivity index is 1.87. The number of carbonyl (C=O) groups excluding carboxylic acids is 4. The molecule has 5 rings (SSSR count). The van der Waals surface area contributed by atoms with Gasteiger partial charge in [0.1, 0.15) is 10.7 Å². The number of fused-ring (bicyclic) bond motifs is 2. The third-order valence-corrected chi connectivity index (χ3v) is 7.60. The van der Waals surface area contributed by atoms with Crippen LogP contribution in [0.3, 0.4) is 0 Å². The van der Waals surface area contributed by atoms with Gasteiger partial charge < -0.3 is 15.0 Å². The standard InChI is InChI=1S/C24H22N4O5S/c1-26-16-8-6-5-7-15(16)24(21(26)31)17(13-9-11-14(33-4)12-10-13)23(18(34)25-24)19(29)27(2)22(32)28(3)20(23)30/h5-12,17H,1-4H3,(H,25,34)/t17-,24-/m0/s1. The van der Waals surface area contributed by atoms with Crippen LogP contribution in [0.2, 0.25) is 0 Å². The van der Waals surface area contributed by atoms with Gasteiger partial charge in [-0.15, -0.1) is 0 Å². The van der Waals surface area contributed by atoms with Gasteiger partial charge in [0.15, 0.2) is 11.0 Å². The number of nitrogens with zero attached hydrogens (tertiary/aromatic N) is 3. The second kappa shape index (κ2) is 7.10. The van der Waals surface area contributed by atoms with E-state index in [0.717, 1.165) is 9.80 Å². The fourth-order valence-electron chi connectivity index (χ4n) is 5.55. The van der Waals surface area contributed by atoms with Crippen LogP contribution in [0.1, 0.15) is 17.0 Å². The Kier molecular flexibility index (Phi) is 4.60. The highest BCUT2D eigenvalue weighted by Gasteiger charge is 2.76. The van der Waals surface area contributed by atoms with Crippen molar-refractivity contribution in [2.45, 2.75) is 11.5 Å². The molecule has 5 amide bonds. The fourth-order valence-corrected chi connectivity index (χ4v) is 6.00. The van der Waals surface area contributed by atoms with Gasteiger partial charge >= 0.3 is 6.03 Å². The summed E-state index contributed by atoms with van der Waals surface area (Å²) in [5.74, 6) is -2.38. The molecule has 0 radical (unpaired) electrons. The second-order valence-corrected chi connectivity index (χ2v) is 9.08. The Morgan fingerprint density at radius 2 is 1.44 bits per heavy atom. The lowest BCUT2D eigenvalue weighted by molar-refractivity contribution is -0.153. The van der Waals surface area contributed by atoms with Crippen molar-refractivity contribution in [2.24, 2.45) is 5.41 Å². The number of hydrogen-bond acceptors (Lipinski definition) is 6. The van der Waals surface area contributed by atoms with Gasteiger partial charge in [-0.3, -0.25) is 24.2 Å². The summed E-state index contributed by atoms with van der Waals surface area (Å²) in [4.78, 5) is 57.5. The van der Waals surface area contributed by atoms with Crippen molar-refractivity contribution in [1.29, 1.82) is 0 Å². The van der Waals surface area contributed by atoms with Crippen molar-refractivity contribution >= 4 is 46.6 Å². The maximum atomic E-state index is 14.0. The second-order valence-electron chi connectivity index (χ2n) is 8.67. The molecule has 3 heterocycles. The summed E-state index contributed by atoms with van der Waals surface area (Å²) in [7, 11) is 5.79. The maximum Gasteiger partial charge on any atom is 0.332 e. The Bertz CT molecular complexity index is 1270. The molecule has 2 atom stereocenters. The smallest absolute Gasteiger partial charge is 0.332 e. The van der Waals surface area contributed by atoms with Crippen molar-refractivity contribution in [3.05, 3.63) is 59.7 Å². The number of ether oxygens (including phenoxy) is 1. The number of rotatable bonds is 2. The summed E-state index contributed by atoms with van der Waals surface area (Å²) in [5, 5.41) is 3.12. The lowest BCUT2D eigenvalue weighted by Crippen LogP contribution is -2.66. The Labute approximate surface area is 201 Å². The molecule has 2 saturated heterocycles. The number of carbonyl (C=O) groups is 4. The van der Waals surface area contributed by atoms with E-state index in [-0.39, 0.29) is 10.9 Å².